The van der Waals surface area contributed by atoms with Gasteiger partial charge in [-0.05, 0) is 41.3 Å². The summed E-state index contributed by atoms with van der Waals surface area (Å²) in [6.45, 7) is 0. The van der Waals surface area contributed by atoms with Gasteiger partial charge in [0.25, 0.3) is 0 Å². The first-order valence-electron chi connectivity index (χ1n) is 4.79. The SMILES string of the molecule is COc1c(Br)cccc1C1(N)CCC1. The van der Waals surface area contributed by atoms with Gasteiger partial charge in [-0.1, -0.05) is 12.1 Å². The minimum Gasteiger partial charge on any atom is -0.495 e. The van der Waals surface area contributed by atoms with Crippen LogP contribution in [0.5, 0.6) is 5.75 Å². The Bertz CT molecular complexity index is 347. The molecule has 2 rings (SSSR count). The highest BCUT2D eigenvalue weighted by molar-refractivity contribution is 9.10. The monoisotopic (exact) mass is 255 g/mol. The third kappa shape index (κ3) is 1.44. The molecular weight excluding hydrogens is 242 g/mol. The summed E-state index contributed by atoms with van der Waals surface area (Å²) in [5.41, 5.74) is 7.24. The van der Waals surface area contributed by atoms with Crippen LogP contribution >= 0.6 is 15.9 Å². The largest absolute Gasteiger partial charge is 0.495 e. The van der Waals surface area contributed by atoms with Crippen LogP contribution in [0.4, 0.5) is 0 Å². The van der Waals surface area contributed by atoms with Crippen LogP contribution in [0.15, 0.2) is 22.7 Å². The van der Waals surface area contributed by atoms with Crippen molar-refractivity contribution in [1.29, 1.82) is 0 Å². The average molecular weight is 256 g/mol. The van der Waals surface area contributed by atoms with Crippen molar-refractivity contribution in [2.24, 2.45) is 5.73 Å². The standard InChI is InChI=1S/C11H14BrNO/c1-14-10-8(4-2-5-9(10)12)11(13)6-3-7-11/h2,4-5H,3,6-7,13H2,1H3. The minimum atomic E-state index is -0.158. The molecule has 3 heteroatoms. The Hall–Kier alpha value is -0.540. The lowest BCUT2D eigenvalue weighted by atomic mass is 9.72. The van der Waals surface area contributed by atoms with Gasteiger partial charge in [0.2, 0.25) is 0 Å². The summed E-state index contributed by atoms with van der Waals surface area (Å²) in [5.74, 6) is 0.884. The fourth-order valence-electron chi connectivity index (χ4n) is 1.94. The summed E-state index contributed by atoms with van der Waals surface area (Å²) < 4.78 is 6.35. The first-order valence-corrected chi connectivity index (χ1v) is 5.58. The van der Waals surface area contributed by atoms with Gasteiger partial charge in [0, 0.05) is 11.1 Å². The van der Waals surface area contributed by atoms with E-state index in [4.69, 9.17) is 10.5 Å². The maximum atomic E-state index is 6.27. The number of methoxy groups -OCH3 is 1. The van der Waals surface area contributed by atoms with Crippen LogP contribution < -0.4 is 10.5 Å². The number of hydrogen-bond donors (Lipinski definition) is 1. The van der Waals surface area contributed by atoms with E-state index in [0.717, 1.165) is 28.6 Å². The van der Waals surface area contributed by atoms with E-state index in [2.05, 4.69) is 22.0 Å². The Labute approximate surface area is 92.6 Å². The van der Waals surface area contributed by atoms with Crippen molar-refractivity contribution < 1.29 is 4.74 Å². The van der Waals surface area contributed by atoms with E-state index in [9.17, 15) is 0 Å². The summed E-state index contributed by atoms with van der Waals surface area (Å²) in [6, 6.07) is 6.04. The molecule has 2 nitrogen and oxygen atoms in total. The molecule has 0 bridgehead atoms. The Morgan fingerprint density at radius 3 is 2.64 bits per heavy atom. The average Bonchev–Trinajstić information content (AvgIpc) is 2.14. The Balaban J connectivity index is 2.46. The number of rotatable bonds is 2. The lowest BCUT2D eigenvalue weighted by Crippen LogP contribution is -2.43. The Morgan fingerprint density at radius 1 is 1.43 bits per heavy atom. The second-order valence-corrected chi connectivity index (χ2v) is 4.68. The Morgan fingerprint density at radius 2 is 2.14 bits per heavy atom. The maximum Gasteiger partial charge on any atom is 0.138 e. The summed E-state index contributed by atoms with van der Waals surface area (Å²) in [7, 11) is 1.69. The number of benzene rings is 1. The highest BCUT2D eigenvalue weighted by Crippen LogP contribution is 2.44. The second kappa shape index (κ2) is 3.55. The predicted molar refractivity (Wildman–Crippen MR) is 60.4 cm³/mol. The van der Waals surface area contributed by atoms with Crippen LogP contribution in [-0.2, 0) is 5.54 Å². The molecule has 0 heterocycles. The zero-order valence-electron chi connectivity index (χ0n) is 8.22. The normalized spacial score (nSPS) is 18.8. The van der Waals surface area contributed by atoms with Crippen LogP contribution in [0.25, 0.3) is 0 Å². The molecule has 1 aromatic carbocycles. The topological polar surface area (TPSA) is 35.2 Å². The van der Waals surface area contributed by atoms with Crippen molar-refractivity contribution in [2.75, 3.05) is 7.11 Å². The molecule has 0 spiro atoms. The van der Waals surface area contributed by atoms with Crippen molar-refractivity contribution in [1.82, 2.24) is 0 Å². The number of para-hydroxylation sites is 1. The van der Waals surface area contributed by atoms with Gasteiger partial charge in [0.15, 0.2) is 0 Å². The van der Waals surface area contributed by atoms with Gasteiger partial charge in [-0.2, -0.15) is 0 Å². The predicted octanol–water partition coefficient (Wildman–Crippen LogP) is 2.80. The van der Waals surface area contributed by atoms with E-state index >= 15 is 0 Å². The van der Waals surface area contributed by atoms with Gasteiger partial charge in [-0.15, -0.1) is 0 Å². The molecule has 0 amide bonds. The molecule has 1 aliphatic carbocycles. The maximum absolute atomic E-state index is 6.27. The summed E-state index contributed by atoms with van der Waals surface area (Å²) in [6.07, 6.45) is 3.33. The first kappa shape index (κ1) is 9.99. The lowest BCUT2D eigenvalue weighted by molar-refractivity contribution is 0.243. The van der Waals surface area contributed by atoms with Crippen LogP contribution in [-0.4, -0.2) is 7.11 Å². The van der Waals surface area contributed by atoms with Gasteiger partial charge in [0.1, 0.15) is 5.75 Å². The van der Waals surface area contributed by atoms with Crippen molar-refractivity contribution in [3.05, 3.63) is 28.2 Å². The number of ether oxygens (including phenoxy) is 1. The molecule has 1 aromatic rings. The number of hydrogen-bond acceptors (Lipinski definition) is 2. The summed E-state index contributed by atoms with van der Waals surface area (Å²) in [4.78, 5) is 0. The lowest BCUT2D eigenvalue weighted by Gasteiger charge is -2.39. The van der Waals surface area contributed by atoms with E-state index in [1.54, 1.807) is 7.11 Å². The van der Waals surface area contributed by atoms with E-state index in [0.29, 0.717) is 0 Å². The second-order valence-electron chi connectivity index (χ2n) is 3.83. The molecule has 0 aliphatic heterocycles. The van der Waals surface area contributed by atoms with Crippen LogP contribution in [0.1, 0.15) is 24.8 Å². The van der Waals surface area contributed by atoms with Crippen LogP contribution in [0.2, 0.25) is 0 Å². The van der Waals surface area contributed by atoms with Gasteiger partial charge in [0.05, 0.1) is 11.6 Å². The van der Waals surface area contributed by atoms with E-state index in [1.165, 1.54) is 6.42 Å². The van der Waals surface area contributed by atoms with Gasteiger partial charge >= 0.3 is 0 Å². The van der Waals surface area contributed by atoms with E-state index in [1.807, 2.05) is 12.1 Å². The third-order valence-corrected chi connectivity index (χ3v) is 3.58. The van der Waals surface area contributed by atoms with Crippen molar-refractivity contribution in [3.8, 4) is 5.75 Å². The fraction of sp³-hybridized carbons (Fsp3) is 0.455. The van der Waals surface area contributed by atoms with Gasteiger partial charge in [-0.25, -0.2) is 0 Å². The molecule has 0 aromatic heterocycles. The molecule has 0 atom stereocenters. The molecule has 1 aliphatic rings. The zero-order chi connectivity index (χ0) is 10.2. The zero-order valence-corrected chi connectivity index (χ0v) is 9.80. The molecule has 1 saturated carbocycles. The first-order chi connectivity index (χ1) is 6.67. The molecule has 76 valence electrons. The summed E-state index contributed by atoms with van der Waals surface area (Å²) >= 11 is 3.47. The molecule has 14 heavy (non-hydrogen) atoms. The number of halogens is 1. The molecule has 0 unspecified atom stereocenters. The summed E-state index contributed by atoms with van der Waals surface area (Å²) in [5, 5.41) is 0. The van der Waals surface area contributed by atoms with E-state index in [-0.39, 0.29) is 5.54 Å². The number of nitrogens with two attached hydrogens (primary N) is 1. The van der Waals surface area contributed by atoms with Crippen LogP contribution in [0.3, 0.4) is 0 Å². The highest BCUT2D eigenvalue weighted by atomic mass is 79.9. The van der Waals surface area contributed by atoms with Crippen molar-refractivity contribution in [3.63, 3.8) is 0 Å². The Kier molecular flexibility index (Phi) is 2.54. The molecule has 2 N–H and O–H groups in total. The minimum absolute atomic E-state index is 0.158. The molecule has 0 radical (unpaired) electrons. The molecular formula is C11H14BrNO. The van der Waals surface area contributed by atoms with E-state index < -0.39 is 0 Å². The highest BCUT2D eigenvalue weighted by Gasteiger charge is 2.37. The van der Waals surface area contributed by atoms with Gasteiger partial charge in [-0.3, -0.25) is 0 Å². The van der Waals surface area contributed by atoms with Crippen molar-refractivity contribution >= 4 is 15.9 Å². The quantitative estimate of drug-likeness (QED) is 0.883. The molecule has 1 fully saturated rings. The van der Waals surface area contributed by atoms with Crippen molar-refractivity contribution in [2.45, 2.75) is 24.8 Å². The fourth-order valence-corrected chi connectivity index (χ4v) is 2.46. The van der Waals surface area contributed by atoms with Gasteiger partial charge < -0.3 is 10.5 Å². The smallest absolute Gasteiger partial charge is 0.138 e. The molecule has 0 saturated heterocycles. The van der Waals surface area contributed by atoms with Crippen LogP contribution in [0, 0.1) is 0 Å². The third-order valence-electron chi connectivity index (χ3n) is 2.95.